The largest absolute Gasteiger partial charge is 0.389 e. The molecule has 0 bridgehead atoms. The van der Waals surface area contributed by atoms with Crippen LogP contribution < -0.4 is 11.1 Å². The first-order chi connectivity index (χ1) is 8.75. The van der Waals surface area contributed by atoms with Gasteiger partial charge in [0, 0.05) is 26.3 Å². The Hall–Kier alpha value is -1.25. The van der Waals surface area contributed by atoms with E-state index in [9.17, 15) is 12.8 Å². The number of benzene rings is 1. The highest BCUT2D eigenvalue weighted by molar-refractivity contribution is 7.89. The molecule has 1 aromatic carbocycles. The number of anilines is 1. The predicted molar refractivity (Wildman–Crippen MR) is 78.3 cm³/mol. The van der Waals surface area contributed by atoms with E-state index in [1.54, 1.807) is 6.07 Å². The van der Waals surface area contributed by atoms with E-state index in [0.717, 1.165) is 4.31 Å². The highest BCUT2D eigenvalue weighted by Crippen LogP contribution is 2.18. The number of nitrogens with two attached hydrogens (primary N) is 1. The van der Waals surface area contributed by atoms with Gasteiger partial charge in [0.1, 0.15) is 10.8 Å². The maximum atomic E-state index is 13.6. The second-order valence-electron chi connectivity index (χ2n) is 4.05. The number of hydrogen-bond acceptors (Lipinski definition) is 4. The van der Waals surface area contributed by atoms with Crippen molar-refractivity contribution in [3.63, 3.8) is 0 Å². The Morgan fingerprint density at radius 1 is 1.47 bits per heavy atom. The van der Waals surface area contributed by atoms with Crippen LogP contribution in [0.15, 0.2) is 18.2 Å². The minimum Gasteiger partial charge on any atom is -0.389 e. The number of nitrogens with zero attached hydrogens (tertiary/aromatic N) is 1. The van der Waals surface area contributed by atoms with E-state index in [-0.39, 0.29) is 22.8 Å². The van der Waals surface area contributed by atoms with Crippen LogP contribution in [0.3, 0.4) is 0 Å². The van der Waals surface area contributed by atoms with Gasteiger partial charge in [-0.25, -0.2) is 17.1 Å². The third-order valence-corrected chi connectivity index (χ3v) is 4.53. The van der Waals surface area contributed by atoms with Gasteiger partial charge in [-0.2, -0.15) is 0 Å². The van der Waals surface area contributed by atoms with Crippen LogP contribution in [0.4, 0.5) is 10.1 Å². The zero-order valence-corrected chi connectivity index (χ0v) is 12.3. The molecule has 0 fully saturated rings. The van der Waals surface area contributed by atoms with Gasteiger partial charge >= 0.3 is 0 Å². The molecule has 1 aromatic rings. The maximum absolute atomic E-state index is 13.6. The van der Waals surface area contributed by atoms with Crippen molar-refractivity contribution in [3.8, 4) is 0 Å². The van der Waals surface area contributed by atoms with Crippen LogP contribution in [0.1, 0.15) is 5.56 Å². The van der Waals surface area contributed by atoms with E-state index in [2.05, 4.69) is 5.32 Å². The number of hydrogen-bond donors (Lipinski definition) is 2. The fourth-order valence-corrected chi connectivity index (χ4v) is 2.35. The second kappa shape index (κ2) is 6.27. The molecule has 19 heavy (non-hydrogen) atoms. The molecule has 0 atom stereocenters. The SMILES string of the molecule is CN(C)S(=O)(=O)CCNc1cccc(F)c1C(N)=S. The molecule has 0 spiro atoms. The molecule has 8 heteroatoms. The van der Waals surface area contributed by atoms with E-state index in [0.29, 0.717) is 5.69 Å². The minimum atomic E-state index is -3.30. The van der Waals surface area contributed by atoms with Gasteiger partial charge in [-0.15, -0.1) is 0 Å². The lowest BCUT2D eigenvalue weighted by Gasteiger charge is -2.14. The van der Waals surface area contributed by atoms with Gasteiger partial charge < -0.3 is 11.1 Å². The summed E-state index contributed by atoms with van der Waals surface area (Å²) in [5, 5.41) is 2.83. The third kappa shape index (κ3) is 4.12. The summed E-state index contributed by atoms with van der Waals surface area (Å²) in [5.41, 5.74) is 5.93. The number of halogens is 1. The van der Waals surface area contributed by atoms with Gasteiger partial charge in [0.05, 0.1) is 11.3 Å². The lowest BCUT2D eigenvalue weighted by molar-refractivity contribution is 0.521. The van der Waals surface area contributed by atoms with Gasteiger partial charge in [0.25, 0.3) is 0 Å². The Bertz CT molecular complexity index is 573. The molecule has 0 amide bonds. The molecule has 0 unspecified atom stereocenters. The summed E-state index contributed by atoms with van der Waals surface area (Å²) in [5.74, 6) is -0.638. The van der Waals surface area contributed by atoms with E-state index < -0.39 is 15.8 Å². The Morgan fingerprint density at radius 2 is 2.11 bits per heavy atom. The van der Waals surface area contributed by atoms with Gasteiger partial charge in [-0.1, -0.05) is 18.3 Å². The summed E-state index contributed by atoms with van der Waals surface area (Å²) in [6.45, 7) is 0.138. The maximum Gasteiger partial charge on any atom is 0.215 e. The summed E-state index contributed by atoms with van der Waals surface area (Å²) in [6.07, 6.45) is 0. The molecule has 0 aliphatic rings. The fraction of sp³-hybridized carbons (Fsp3) is 0.364. The fourth-order valence-electron chi connectivity index (χ4n) is 1.42. The van der Waals surface area contributed by atoms with E-state index in [1.807, 2.05) is 0 Å². The minimum absolute atomic E-state index is 0.0731. The lowest BCUT2D eigenvalue weighted by Crippen LogP contribution is -2.29. The van der Waals surface area contributed by atoms with Gasteiger partial charge in [-0.05, 0) is 12.1 Å². The molecule has 0 saturated heterocycles. The highest BCUT2D eigenvalue weighted by atomic mass is 32.2. The average Bonchev–Trinajstić information content (AvgIpc) is 2.27. The standard InChI is InChI=1S/C11H16FN3O2S2/c1-15(2)19(16,17)7-6-14-9-5-3-4-8(12)10(9)11(13)18/h3-5,14H,6-7H2,1-2H3,(H2,13,18). The quantitative estimate of drug-likeness (QED) is 0.759. The Labute approximate surface area is 117 Å². The topological polar surface area (TPSA) is 75.4 Å². The summed E-state index contributed by atoms with van der Waals surface area (Å²) in [7, 11) is -0.386. The van der Waals surface area contributed by atoms with Gasteiger partial charge in [-0.3, -0.25) is 0 Å². The summed E-state index contributed by atoms with van der Waals surface area (Å²) < 4.78 is 37.8. The molecule has 0 radical (unpaired) electrons. The first-order valence-corrected chi connectivity index (χ1v) is 7.50. The molecule has 0 aliphatic heterocycles. The number of thiocarbonyl (C=S) groups is 1. The van der Waals surface area contributed by atoms with Crippen molar-refractivity contribution in [3.05, 3.63) is 29.6 Å². The molecule has 3 N–H and O–H groups in total. The summed E-state index contributed by atoms with van der Waals surface area (Å²) in [6, 6.07) is 4.34. The highest BCUT2D eigenvalue weighted by Gasteiger charge is 2.14. The molecule has 0 aromatic heterocycles. The number of rotatable bonds is 6. The van der Waals surface area contributed by atoms with Crippen molar-refractivity contribution in [1.82, 2.24) is 4.31 Å². The Kier molecular flexibility index (Phi) is 5.21. The van der Waals surface area contributed by atoms with Crippen LogP contribution in [0.25, 0.3) is 0 Å². The zero-order chi connectivity index (χ0) is 14.6. The zero-order valence-electron chi connectivity index (χ0n) is 10.7. The second-order valence-corrected chi connectivity index (χ2v) is 6.79. The van der Waals surface area contributed by atoms with Gasteiger partial charge in [0.15, 0.2) is 0 Å². The average molecular weight is 305 g/mol. The van der Waals surface area contributed by atoms with E-state index in [1.165, 1.54) is 26.2 Å². The molecular formula is C11H16FN3O2S2. The van der Waals surface area contributed by atoms with Crippen molar-refractivity contribution in [2.75, 3.05) is 31.7 Å². The molecule has 5 nitrogen and oxygen atoms in total. The first kappa shape index (κ1) is 15.8. The monoisotopic (exact) mass is 305 g/mol. The normalized spacial score (nSPS) is 11.6. The lowest BCUT2D eigenvalue weighted by atomic mass is 10.1. The Morgan fingerprint density at radius 3 is 2.63 bits per heavy atom. The summed E-state index contributed by atoms with van der Waals surface area (Å²) in [4.78, 5) is -0.0731. The van der Waals surface area contributed by atoms with Crippen LogP contribution in [0, 0.1) is 5.82 Å². The number of nitrogens with one attached hydrogen (secondary N) is 1. The molecule has 1 rings (SSSR count). The van der Waals surface area contributed by atoms with E-state index in [4.69, 9.17) is 18.0 Å². The molecular weight excluding hydrogens is 289 g/mol. The van der Waals surface area contributed by atoms with Crippen LogP contribution in [-0.2, 0) is 10.0 Å². The Balaban J connectivity index is 2.80. The van der Waals surface area contributed by atoms with Crippen molar-refractivity contribution in [2.45, 2.75) is 0 Å². The predicted octanol–water partition coefficient (Wildman–Crippen LogP) is 0.763. The third-order valence-electron chi connectivity index (χ3n) is 2.49. The van der Waals surface area contributed by atoms with Crippen LogP contribution in [0.5, 0.6) is 0 Å². The van der Waals surface area contributed by atoms with E-state index >= 15 is 0 Å². The summed E-state index contributed by atoms with van der Waals surface area (Å²) >= 11 is 4.77. The smallest absolute Gasteiger partial charge is 0.215 e. The van der Waals surface area contributed by atoms with Crippen molar-refractivity contribution < 1.29 is 12.8 Å². The molecule has 0 saturated carbocycles. The van der Waals surface area contributed by atoms with Crippen molar-refractivity contribution in [2.24, 2.45) is 5.73 Å². The molecule has 0 heterocycles. The first-order valence-electron chi connectivity index (χ1n) is 5.48. The van der Waals surface area contributed by atoms with Crippen LogP contribution in [0.2, 0.25) is 0 Å². The number of sulfonamides is 1. The van der Waals surface area contributed by atoms with Crippen molar-refractivity contribution >= 4 is 32.9 Å². The van der Waals surface area contributed by atoms with Crippen LogP contribution >= 0.6 is 12.2 Å². The molecule has 0 aliphatic carbocycles. The molecule has 106 valence electrons. The van der Waals surface area contributed by atoms with Crippen LogP contribution in [-0.4, -0.2) is 44.1 Å². The van der Waals surface area contributed by atoms with Gasteiger partial charge in [0.2, 0.25) is 10.0 Å². The van der Waals surface area contributed by atoms with Crippen molar-refractivity contribution in [1.29, 1.82) is 0 Å².